The van der Waals surface area contributed by atoms with E-state index in [2.05, 4.69) is 5.32 Å². The third-order valence-electron chi connectivity index (χ3n) is 3.35. The first-order valence-corrected chi connectivity index (χ1v) is 8.93. The normalized spacial score (nSPS) is 14.5. The molecule has 0 saturated carbocycles. The molecule has 1 aliphatic rings. The third-order valence-corrected chi connectivity index (χ3v) is 5.08. The van der Waals surface area contributed by atoms with Crippen LogP contribution in [0.25, 0.3) is 0 Å². The summed E-state index contributed by atoms with van der Waals surface area (Å²) in [5.74, 6) is 0.467. The number of carbonyl (C=O) groups is 2. The number of halogens is 2. The summed E-state index contributed by atoms with van der Waals surface area (Å²) in [7, 11) is 0. The van der Waals surface area contributed by atoms with Crippen molar-refractivity contribution in [1.82, 2.24) is 10.2 Å². The van der Waals surface area contributed by atoms with Crippen molar-refractivity contribution in [2.75, 3.05) is 25.4 Å². The van der Waals surface area contributed by atoms with Gasteiger partial charge in [0.1, 0.15) is 0 Å². The van der Waals surface area contributed by atoms with Gasteiger partial charge < -0.3 is 10.2 Å². The summed E-state index contributed by atoms with van der Waals surface area (Å²) in [6.07, 6.45) is 2.38. The molecule has 1 N–H and O–H groups in total. The minimum Gasteiger partial charge on any atom is -0.355 e. The number of benzene rings is 1. The van der Waals surface area contributed by atoms with Crippen LogP contribution in [0.4, 0.5) is 0 Å². The van der Waals surface area contributed by atoms with Crippen molar-refractivity contribution in [3.8, 4) is 0 Å². The fraction of sp³-hybridized carbons (Fsp3) is 0.467. The molecule has 4 nitrogen and oxygen atoms in total. The predicted octanol–water partition coefficient (Wildman–Crippen LogP) is 3.21. The summed E-state index contributed by atoms with van der Waals surface area (Å²) in [6, 6.07) is 5.19. The quantitative estimate of drug-likeness (QED) is 0.599. The second-order valence-corrected chi connectivity index (χ2v) is 6.91. The molecule has 0 radical (unpaired) electrons. The highest BCUT2D eigenvalue weighted by molar-refractivity contribution is 8.00. The largest absolute Gasteiger partial charge is 0.355 e. The van der Waals surface area contributed by atoms with Gasteiger partial charge in [0, 0.05) is 36.0 Å². The molecule has 120 valence electrons. The first kappa shape index (κ1) is 17.4. The van der Waals surface area contributed by atoms with Gasteiger partial charge in [0.2, 0.25) is 11.8 Å². The Morgan fingerprint density at radius 1 is 1.36 bits per heavy atom. The van der Waals surface area contributed by atoms with Gasteiger partial charge in [0.05, 0.1) is 10.8 Å². The molecule has 2 rings (SSSR count). The van der Waals surface area contributed by atoms with Crippen molar-refractivity contribution < 1.29 is 9.59 Å². The van der Waals surface area contributed by atoms with E-state index in [1.807, 2.05) is 4.90 Å². The van der Waals surface area contributed by atoms with Gasteiger partial charge in [0.15, 0.2) is 0 Å². The maximum Gasteiger partial charge on any atom is 0.230 e. The first-order valence-electron chi connectivity index (χ1n) is 7.18. The monoisotopic (exact) mass is 360 g/mol. The Bertz CT molecular complexity index is 554. The molecule has 0 unspecified atom stereocenters. The molecule has 7 heteroatoms. The van der Waals surface area contributed by atoms with Crippen LogP contribution in [0.3, 0.4) is 0 Å². The molecule has 1 heterocycles. The highest BCUT2D eigenvalue weighted by Crippen LogP contribution is 2.29. The Balaban J connectivity index is 1.63. The lowest BCUT2D eigenvalue weighted by atomic mass is 10.4. The summed E-state index contributed by atoms with van der Waals surface area (Å²) in [6.45, 7) is 2.13. The standard InChI is InChI=1S/C15H18Cl2N2O2S/c16-11-4-5-12(17)13(9-11)22-10-14(20)18-6-2-8-19-7-1-3-15(19)21/h4-5,9H,1-3,6-8,10H2,(H,18,20). The average molecular weight is 361 g/mol. The Morgan fingerprint density at radius 3 is 2.91 bits per heavy atom. The molecule has 0 atom stereocenters. The topological polar surface area (TPSA) is 49.4 Å². The highest BCUT2D eigenvalue weighted by atomic mass is 35.5. The predicted molar refractivity (Wildman–Crippen MR) is 90.6 cm³/mol. The summed E-state index contributed by atoms with van der Waals surface area (Å²) in [4.78, 5) is 25.9. The zero-order chi connectivity index (χ0) is 15.9. The van der Waals surface area contributed by atoms with Gasteiger partial charge in [-0.1, -0.05) is 23.2 Å². The number of rotatable bonds is 7. The summed E-state index contributed by atoms with van der Waals surface area (Å²) >= 11 is 13.3. The number of thioether (sulfide) groups is 1. The Morgan fingerprint density at radius 2 is 2.18 bits per heavy atom. The van der Waals surface area contributed by atoms with Crippen molar-refractivity contribution >= 4 is 46.8 Å². The molecule has 22 heavy (non-hydrogen) atoms. The molecule has 1 fully saturated rings. The van der Waals surface area contributed by atoms with Crippen molar-refractivity contribution in [3.63, 3.8) is 0 Å². The van der Waals surface area contributed by atoms with Crippen LogP contribution in [-0.4, -0.2) is 42.1 Å². The number of carbonyl (C=O) groups excluding carboxylic acids is 2. The van der Waals surface area contributed by atoms with Crippen molar-refractivity contribution in [1.29, 1.82) is 0 Å². The summed E-state index contributed by atoms with van der Waals surface area (Å²) in [5, 5.41) is 4.04. The smallest absolute Gasteiger partial charge is 0.230 e. The van der Waals surface area contributed by atoms with E-state index >= 15 is 0 Å². The van der Waals surface area contributed by atoms with Crippen molar-refractivity contribution in [2.45, 2.75) is 24.2 Å². The van der Waals surface area contributed by atoms with Crippen LogP contribution in [-0.2, 0) is 9.59 Å². The minimum absolute atomic E-state index is 0.0474. The molecule has 0 aromatic heterocycles. The number of nitrogens with one attached hydrogen (secondary N) is 1. The van der Waals surface area contributed by atoms with Gasteiger partial charge in [-0.15, -0.1) is 11.8 Å². The van der Waals surface area contributed by atoms with Crippen LogP contribution in [0.15, 0.2) is 23.1 Å². The fourth-order valence-electron chi connectivity index (χ4n) is 2.22. The Hall–Kier alpha value is -0.910. The van der Waals surface area contributed by atoms with E-state index in [0.29, 0.717) is 35.3 Å². The van der Waals surface area contributed by atoms with E-state index < -0.39 is 0 Å². The van der Waals surface area contributed by atoms with Crippen LogP contribution in [0.1, 0.15) is 19.3 Å². The lowest BCUT2D eigenvalue weighted by Gasteiger charge is -2.15. The van der Waals surface area contributed by atoms with Crippen molar-refractivity contribution in [3.05, 3.63) is 28.2 Å². The average Bonchev–Trinajstić information content (AvgIpc) is 2.90. The number of likely N-dealkylation sites (tertiary alicyclic amines) is 1. The van der Waals surface area contributed by atoms with Crippen molar-refractivity contribution in [2.24, 2.45) is 0 Å². The summed E-state index contributed by atoms with van der Waals surface area (Å²) in [5.41, 5.74) is 0. The zero-order valence-electron chi connectivity index (χ0n) is 12.1. The van der Waals surface area contributed by atoms with E-state index in [1.54, 1.807) is 18.2 Å². The highest BCUT2D eigenvalue weighted by Gasteiger charge is 2.19. The third kappa shape index (κ3) is 5.38. The maximum absolute atomic E-state index is 11.8. The van der Waals surface area contributed by atoms with Crippen LogP contribution in [0, 0.1) is 0 Å². The molecule has 1 saturated heterocycles. The van der Waals surface area contributed by atoms with Gasteiger partial charge >= 0.3 is 0 Å². The molecule has 1 aliphatic heterocycles. The Labute approximate surface area is 144 Å². The zero-order valence-corrected chi connectivity index (χ0v) is 14.4. The van der Waals surface area contributed by atoms with Crippen LogP contribution in [0.5, 0.6) is 0 Å². The van der Waals surface area contributed by atoms with Gasteiger partial charge in [-0.3, -0.25) is 9.59 Å². The molecule has 0 aliphatic carbocycles. The van der Waals surface area contributed by atoms with E-state index in [1.165, 1.54) is 11.8 Å². The second-order valence-electron chi connectivity index (χ2n) is 5.05. The molecule has 1 aromatic carbocycles. The van der Waals surface area contributed by atoms with E-state index in [-0.39, 0.29) is 11.8 Å². The number of amides is 2. The van der Waals surface area contributed by atoms with Gasteiger partial charge in [-0.05, 0) is 31.0 Å². The maximum atomic E-state index is 11.8. The lowest BCUT2D eigenvalue weighted by Crippen LogP contribution is -2.31. The first-order chi connectivity index (χ1) is 10.6. The van der Waals surface area contributed by atoms with E-state index in [9.17, 15) is 9.59 Å². The second kappa shape index (κ2) is 8.65. The molecular formula is C15H18Cl2N2O2S. The van der Waals surface area contributed by atoms with Crippen LogP contribution >= 0.6 is 35.0 Å². The Kier molecular flexibility index (Phi) is 6.86. The molecular weight excluding hydrogens is 343 g/mol. The SMILES string of the molecule is O=C(CSc1cc(Cl)ccc1Cl)NCCCN1CCCC1=O. The lowest BCUT2D eigenvalue weighted by molar-refractivity contribution is -0.127. The van der Waals surface area contributed by atoms with Gasteiger partial charge in [-0.2, -0.15) is 0 Å². The number of hydrogen-bond donors (Lipinski definition) is 1. The molecule has 1 aromatic rings. The van der Waals surface area contributed by atoms with E-state index in [0.717, 1.165) is 24.3 Å². The number of nitrogens with zero attached hydrogens (tertiary/aromatic N) is 1. The van der Waals surface area contributed by atoms with Gasteiger partial charge in [-0.25, -0.2) is 0 Å². The minimum atomic E-state index is -0.0474. The van der Waals surface area contributed by atoms with E-state index in [4.69, 9.17) is 23.2 Å². The number of hydrogen-bond acceptors (Lipinski definition) is 3. The molecule has 0 spiro atoms. The van der Waals surface area contributed by atoms with Crippen LogP contribution < -0.4 is 5.32 Å². The van der Waals surface area contributed by atoms with Crippen LogP contribution in [0.2, 0.25) is 10.0 Å². The molecule has 0 bridgehead atoms. The van der Waals surface area contributed by atoms with Gasteiger partial charge in [0.25, 0.3) is 0 Å². The fourth-order valence-corrected chi connectivity index (χ4v) is 3.54. The summed E-state index contributed by atoms with van der Waals surface area (Å²) < 4.78 is 0. The molecule has 2 amide bonds.